The fraction of sp³-hybridized carbons (Fsp3) is 0.250. The van der Waals surface area contributed by atoms with Crippen LogP contribution in [0.5, 0.6) is 0 Å². The number of nitriles is 1. The van der Waals surface area contributed by atoms with E-state index in [1.807, 2.05) is 49.2 Å². The Bertz CT molecular complexity index is 645. The van der Waals surface area contributed by atoms with Crippen LogP contribution in [0.4, 0.5) is 5.00 Å². The SMILES string of the molecule is C[C@H](C(=O)Nc1sccc1C#N)N(C)Cc1ccccc1. The molecule has 0 saturated heterocycles. The second-order valence-electron chi connectivity index (χ2n) is 4.84. The summed E-state index contributed by atoms with van der Waals surface area (Å²) in [7, 11) is 1.91. The number of carbonyl (C=O) groups is 1. The number of rotatable bonds is 5. The monoisotopic (exact) mass is 299 g/mol. The minimum atomic E-state index is -0.279. The summed E-state index contributed by atoms with van der Waals surface area (Å²) in [5.74, 6) is -0.104. The van der Waals surface area contributed by atoms with Gasteiger partial charge in [-0.25, -0.2) is 0 Å². The van der Waals surface area contributed by atoms with Crippen LogP contribution in [0.3, 0.4) is 0 Å². The standard InChI is InChI=1S/C16H17N3OS/c1-12(19(2)11-13-6-4-3-5-7-13)15(20)18-16-14(10-17)8-9-21-16/h3-9,12H,11H2,1-2H3,(H,18,20)/t12-/m1/s1. The van der Waals surface area contributed by atoms with Crippen molar-refractivity contribution in [1.29, 1.82) is 5.26 Å². The van der Waals surface area contributed by atoms with E-state index in [0.29, 0.717) is 17.1 Å². The van der Waals surface area contributed by atoms with E-state index in [1.54, 1.807) is 11.4 Å². The molecule has 0 unspecified atom stereocenters. The highest BCUT2D eigenvalue weighted by molar-refractivity contribution is 7.14. The fourth-order valence-electron chi connectivity index (χ4n) is 1.92. The van der Waals surface area contributed by atoms with Crippen LogP contribution in [0, 0.1) is 11.3 Å². The van der Waals surface area contributed by atoms with E-state index in [1.165, 1.54) is 11.3 Å². The highest BCUT2D eigenvalue weighted by atomic mass is 32.1. The molecule has 5 heteroatoms. The van der Waals surface area contributed by atoms with E-state index in [0.717, 1.165) is 5.56 Å². The Morgan fingerprint density at radius 3 is 2.76 bits per heavy atom. The molecule has 1 aromatic carbocycles. The molecule has 0 radical (unpaired) electrons. The van der Waals surface area contributed by atoms with E-state index >= 15 is 0 Å². The van der Waals surface area contributed by atoms with Gasteiger partial charge in [0, 0.05) is 6.54 Å². The summed E-state index contributed by atoms with van der Waals surface area (Å²) in [5.41, 5.74) is 1.67. The lowest BCUT2D eigenvalue weighted by atomic mass is 10.2. The Morgan fingerprint density at radius 2 is 2.10 bits per heavy atom. The lowest BCUT2D eigenvalue weighted by Crippen LogP contribution is -2.39. The third kappa shape index (κ3) is 3.91. The second-order valence-corrected chi connectivity index (χ2v) is 5.76. The van der Waals surface area contributed by atoms with Crippen LogP contribution in [0.25, 0.3) is 0 Å². The third-order valence-electron chi connectivity index (χ3n) is 3.34. The van der Waals surface area contributed by atoms with Crippen molar-refractivity contribution in [3.05, 3.63) is 52.9 Å². The van der Waals surface area contributed by atoms with Gasteiger partial charge >= 0.3 is 0 Å². The molecule has 2 rings (SSSR count). The lowest BCUT2D eigenvalue weighted by Gasteiger charge is -2.23. The number of hydrogen-bond acceptors (Lipinski definition) is 4. The van der Waals surface area contributed by atoms with Crippen molar-refractivity contribution < 1.29 is 4.79 Å². The maximum atomic E-state index is 12.3. The summed E-state index contributed by atoms with van der Waals surface area (Å²) in [5, 5.41) is 14.2. The van der Waals surface area contributed by atoms with Gasteiger partial charge in [-0.15, -0.1) is 11.3 Å². The Kier molecular flexibility index (Phi) is 5.09. The molecule has 21 heavy (non-hydrogen) atoms. The van der Waals surface area contributed by atoms with Crippen LogP contribution in [0.1, 0.15) is 18.1 Å². The van der Waals surface area contributed by atoms with Gasteiger partial charge in [-0.2, -0.15) is 5.26 Å². The third-order valence-corrected chi connectivity index (χ3v) is 4.17. The van der Waals surface area contributed by atoms with E-state index in [9.17, 15) is 4.79 Å². The molecule has 2 aromatic rings. The van der Waals surface area contributed by atoms with Gasteiger partial charge in [-0.3, -0.25) is 9.69 Å². The quantitative estimate of drug-likeness (QED) is 0.923. The number of hydrogen-bond donors (Lipinski definition) is 1. The summed E-state index contributed by atoms with van der Waals surface area (Å²) in [6, 6.07) is 13.5. The Balaban J connectivity index is 1.97. The summed E-state index contributed by atoms with van der Waals surface area (Å²) in [4.78, 5) is 14.2. The van der Waals surface area contributed by atoms with Gasteiger partial charge in [-0.1, -0.05) is 30.3 Å². The number of thiophene rings is 1. The zero-order valence-electron chi connectivity index (χ0n) is 12.0. The summed E-state index contributed by atoms with van der Waals surface area (Å²) in [6.07, 6.45) is 0. The Morgan fingerprint density at radius 1 is 1.38 bits per heavy atom. The normalized spacial score (nSPS) is 11.9. The first-order valence-corrected chi connectivity index (χ1v) is 7.52. The molecule has 4 nitrogen and oxygen atoms in total. The second kappa shape index (κ2) is 7.02. The topological polar surface area (TPSA) is 56.1 Å². The molecule has 1 amide bonds. The number of amides is 1. The van der Waals surface area contributed by atoms with Gasteiger partial charge in [-0.05, 0) is 31.0 Å². The molecule has 0 bridgehead atoms. The summed E-state index contributed by atoms with van der Waals surface area (Å²) >= 11 is 1.36. The van der Waals surface area contributed by atoms with Crippen molar-refractivity contribution in [2.45, 2.75) is 19.5 Å². The Hall–Kier alpha value is -2.16. The molecule has 0 saturated carbocycles. The largest absolute Gasteiger partial charge is 0.315 e. The zero-order valence-corrected chi connectivity index (χ0v) is 12.9. The number of nitrogens with zero attached hydrogens (tertiary/aromatic N) is 2. The minimum absolute atomic E-state index is 0.104. The molecule has 0 aliphatic carbocycles. The van der Waals surface area contributed by atoms with Gasteiger partial charge in [0.15, 0.2) is 0 Å². The van der Waals surface area contributed by atoms with E-state index in [4.69, 9.17) is 5.26 Å². The zero-order chi connectivity index (χ0) is 15.2. The molecule has 1 N–H and O–H groups in total. The van der Waals surface area contributed by atoms with Gasteiger partial charge in [0.2, 0.25) is 5.91 Å². The smallest absolute Gasteiger partial charge is 0.242 e. The molecular weight excluding hydrogens is 282 g/mol. The predicted octanol–water partition coefficient (Wildman–Crippen LogP) is 3.08. The maximum absolute atomic E-state index is 12.3. The molecule has 1 aromatic heterocycles. The van der Waals surface area contributed by atoms with Gasteiger partial charge in [0.05, 0.1) is 11.6 Å². The van der Waals surface area contributed by atoms with Crippen LogP contribution in [0.2, 0.25) is 0 Å². The van der Waals surface area contributed by atoms with E-state index in [-0.39, 0.29) is 11.9 Å². The van der Waals surface area contributed by atoms with E-state index < -0.39 is 0 Å². The molecule has 108 valence electrons. The molecule has 0 aliphatic rings. The van der Waals surface area contributed by atoms with Gasteiger partial charge < -0.3 is 5.32 Å². The summed E-state index contributed by atoms with van der Waals surface area (Å²) in [6.45, 7) is 2.56. The molecular formula is C16H17N3OS. The molecule has 0 spiro atoms. The van der Waals surface area contributed by atoms with Crippen molar-refractivity contribution in [3.8, 4) is 6.07 Å². The maximum Gasteiger partial charge on any atom is 0.242 e. The first-order chi connectivity index (χ1) is 10.1. The molecule has 0 fully saturated rings. The van der Waals surface area contributed by atoms with Crippen molar-refractivity contribution in [1.82, 2.24) is 4.90 Å². The number of benzene rings is 1. The lowest BCUT2D eigenvalue weighted by molar-refractivity contribution is -0.120. The van der Waals surface area contributed by atoms with Crippen LogP contribution in [-0.2, 0) is 11.3 Å². The fourth-order valence-corrected chi connectivity index (χ4v) is 2.66. The number of carbonyl (C=O) groups excluding carboxylic acids is 1. The average molecular weight is 299 g/mol. The van der Waals surface area contributed by atoms with Crippen molar-refractivity contribution in [2.75, 3.05) is 12.4 Å². The van der Waals surface area contributed by atoms with Crippen molar-refractivity contribution >= 4 is 22.2 Å². The number of nitrogens with one attached hydrogen (secondary N) is 1. The van der Waals surface area contributed by atoms with Crippen molar-refractivity contribution in [3.63, 3.8) is 0 Å². The summed E-state index contributed by atoms with van der Waals surface area (Å²) < 4.78 is 0. The van der Waals surface area contributed by atoms with Crippen LogP contribution in [0.15, 0.2) is 41.8 Å². The van der Waals surface area contributed by atoms with E-state index in [2.05, 4.69) is 11.4 Å². The number of likely N-dealkylation sites (N-methyl/N-ethyl adjacent to an activating group) is 1. The minimum Gasteiger partial charge on any atom is -0.315 e. The average Bonchev–Trinajstić information content (AvgIpc) is 2.94. The molecule has 0 aliphatic heterocycles. The van der Waals surface area contributed by atoms with Gasteiger partial charge in [0.25, 0.3) is 0 Å². The van der Waals surface area contributed by atoms with Gasteiger partial charge in [0.1, 0.15) is 11.1 Å². The molecule has 1 heterocycles. The predicted molar refractivity (Wildman–Crippen MR) is 85.0 cm³/mol. The Labute approximate surface area is 128 Å². The molecule has 1 atom stereocenters. The van der Waals surface area contributed by atoms with Crippen LogP contribution in [-0.4, -0.2) is 23.9 Å². The van der Waals surface area contributed by atoms with Crippen LogP contribution < -0.4 is 5.32 Å². The highest BCUT2D eigenvalue weighted by Gasteiger charge is 2.19. The van der Waals surface area contributed by atoms with Crippen molar-refractivity contribution in [2.24, 2.45) is 0 Å². The number of anilines is 1. The van der Waals surface area contributed by atoms with Crippen LogP contribution >= 0.6 is 11.3 Å². The highest BCUT2D eigenvalue weighted by Crippen LogP contribution is 2.22. The first-order valence-electron chi connectivity index (χ1n) is 6.64. The first kappa shape index (κ1) is 15.2.